The Morgan fingerprint density at radius 3 is 2.70 bits per heavy atom. The number of anilines is 1. The molecular formula is C23H27FN4O4S. The number of nitrogens with one attached hydrogen (secondary N) is 2. The first-order chi connectivity index (χ1) is 15.6. The van der Waals surface area contributed by atoms with Crippen LogP contribution in [-0.2, 0) is 15.1 Å². The normalized spacial score (nSPS) is 18.0. The molecule has 3 rings (SSSR count). The highest BCUT2D eigenvalue weighted by molar-refractivity contribution is 8.09. The molecule has 10 heteroatoms. The summed E-state index contributed by atoms with van der Waals surface area (Å²) in [5.74, 6) is -1.78. The fourth-order valence-electron chi connectivity index (χ4n) is 3.24. The molecular weight excluding hydrogens is 447 g/mol. The van der Waals surface area contributed by atoms with Crippen LogP contribution in [0.25, 0.3) is 4.91 Å². The summed E-state index contributed by atoms with van der Waals surface area (Å²) < 4.78 is 19.7. The van der Waals surface area contributed by atoms with Gasteiger partial charge in [0.25, 0.3) is 5.91 Å². The van der Waals surface area contributed by atoms with Crippen LogP contribution in [0.3, 0.4) is 0 Å². The monoisotopic (exact) mass is 474 g/mol. The van der Waals surface area contributed by atoms with Gasteiger partial charge in [0.1, 0.15) is 17.3 Å². The highest BCUT2D eigenvalue weighted by Gasteiger charge is 2.34. The van der Waals surface area contributed by atoms with Crippen molar-refractivity contribution in [3.05, 3.63) is 65.1 Å². The number of thioether (sulfide) groups is 1. The summed E-state index contributed by atoms with van der Waals surface area (Å²) >= 11 is 1.24. The molecule has 0 saturated heterocycles. The number of nitrogens with two attached hydrogens (primary N) is 1. The topological polar surface area (TPSA) is 127 Å². The molecule has 0 bridgehead atoms. The summed E-state index contributed by atoms with van der Waals surface area (Å²) in [6, 6.07) is 9.41. The molecule has 33 heavy (non-hydrogen) atoms. The van der Waals surface area contributed by atoms with Crippen molar-refractivity contribution in [1.29, 1.82) is 0 Å². The van der Waals surface area contributed by atoms with Crippen LogP contribution < -0.4 is 16.4 Å². The molecule has 1 aliphatic heterocycles. The number of methoxy groups -OCH3 is 1. The van der Waals surface area contributed by atoms with Crippen molar-refractivity contribution in [2.45, 2.75) is 24.8 Å². The highest BCUT2D eigenvalue weighted by atomic mass is 32.2. The third-order valence-corrected chi connectivity index (χ3v) is 6.32. The Labute approximate surface area is 195 Å². The van der Waals surface area contributed by atoms with Crippen LogP contribution >= 0.6 is 11.8 Å². The first-order valence-electron chi connectivity index (χ1n) is 10.3. The average Bonchev–Trinajstić information content (AvgIpc) is 3.17. The lowest BCUT2D eigenvalue weighted by atomic mass is 9.96. The first kappa shape index (κ1) is 24.7. The summed E-state index contributed by atoms with van der Waals surface area (Å²) in [5, 5.41) is 15.4. The van der Waals surface area contributed by atoms with Gasteiger partial charge in [-0.1, -0.05) is 36.0 Å². The van der Waals surface area contributed by atoms with E-state index in [9.17, 15) is 19.1 Å². The van der Waals surface area contributed by atoms with Gasteiger partial charge in [-0.25, -0.2) is 9.37 Å². The van der Waals surface area contributed by atoms with Gasteiger partial charge in [-0.05, 0) is 37.6 Å². The van der Waals surface area contributed by atoms with Crippen LogP contribution in [0.5, 0.6) is 0 Å². The van der Waals surface area contributed by atoms with E-state index in [0.29, 0.717) is 35.0 Å². The molecule has 0 fully saturated rings. The molecule has 0 aliphatic carbocycles. The first-order valence-corrected chi connectivity index (χ1v) is 11.2. The molecule has 2 unspecified atom stereocenters. The molecule has 8 nitrogen and oxygen atoms in total. The number of amides is 2. The molecule has 176 valence electrons. The maximum atomic E-state index is 14.8. The van der Waals surface area contributed by atoms with E-state index in [1.807, 2.05) is 0 Å². The summed E-state index contributed by atoms with van der Waals surface area (Å²) in [6.07, 6.45) is 1.62. The van der Waals surface area contributed by atoms with Crippen LogP contribution in [0.2, 0.25) is 0 Å². The van der Waals surface area contributed by atoms with Gasteiger partial charge in [0.15, 0.2) is 0 Å². The molecule has 0 spiro atoms. The number of nitrogens with zero attached hydrogens (tertiary/aromatic N) is 1. The van der Waals surface area contributed by atoms with Crippen molar-refractivity contribution in [2.75, 3.05) is 25.6 Å². The molecule has 2 aromatic rings. The quantitative estimate of drug-likeness (QED) is 0.411. The molecule has 1 aromatic carbocycles. The van der Waals surface area contributed by atoms with Crippen molar-refractivity contribution in [3.8, 4) is 0 Å². The average molecular weight is 475 g/mol. The van der Waals surface area contributed by atoms with Crippen LogP contribution in [-0.4, -0.2) is 47.5 Å². The highest BCUT2D eigenvalue weighted by Crippen LogP contribution is 2.43. The van der Waals surface area contributed by atoms with Crippen molar-refractivity contribution < 1.29 is 23.8 Å². The number of aromatic nitrogens is 1. The summed E-state index contributed by atoms with van der Waals surface area (Å²) in [7, 11) is 1.54. The second kappa shape index (κ2) is 10.3. The molecule has 0 radical (unpaired) electrons. The van der Waals surface area contributed by atoms with Gasteiger partial charge >= 0.3 is 0 Å². The van der Waals surface area contributed by atoms with E-state index in [-0.39, 0.29) is 11.6 Å². The molecule has 0 saturated carbocycles. The number of hydrogen-bond donors (Lipinski definition) is 4. The Hall–Kier alpha value is -2.95. The number of primary amides is 1. The van der Waals surface area contributed by atoms with Gasteiger partial charge in [0.05, 0.1) is 23.5 Å². The van der Waals surface area contributed by atoms with Crippen LogP contribution in [0.15, 0.2) is 42.5 Å². The third kappa shape index (κ3) is 6.10. The zero-order valence-corrected chi connectivity index (χ0v) is 19.4. The number of benzene rings is 1. The largest absolute Gasteiger partial charge is 0.386 e. The summed E-state index contributed by atoms with van der Waals surface area (Å²) in [6.45, 7) is 3.88. The molecule has 2 atom stereocenters. The lowest BCUT2D eigenvalue weighted by molar-refractivity contribution is -0.120. The number of rotatable bonds is 9. The van der Waals surface area contributed by atoms with Gasteiger partial charge in [-0.3, -0.25) is 9.59 Å². The molecule has 2 amide bonds. The Kier molecular flexibility index (Phi) is 7.72. The maximum absolute atomic E-state index is 14.8. The SMILES string of the molecule is COCCNC(=O)c1cccc(NC2SC(c3ccc(C(C)(C)O)cc3F)=CC2C(N)=O)n1. The van der Waals surface area contributed by atoms with Crippen LogP contribution in [0.1, 0.15) is 35.5 Å². The van der Waals surface area contributed by atoms with Gasteiger partial charge in [0.2, 0.25) is 5.91 Å². The van der Waals surface area contributed by atoms with Crippen molar-refractivity contribution in [1.82, 2.24) is 10.3 Å². The predicted octanol–water partition coefficient (Wildman–Crippen LogP) is 2.45. The Morgan fingerprint density at radius 1 is 1.30 bits per heavy atom. The number of ether oxygens (including phenoxy) is 1. The van der Waals surface area contributed by atoms with E-state index < -0.39 is 28.6 Å². The maximum Gasteiger partial charge on any atom is 0.270 e. The Bertz CT molecular complexity index is 1070. The van der Waals surface area contributed by atoms with Crippen LogP contribution in [0, 0.1) is 11.7 Å². The second-order valence-corrected chi connectivity index (χ2v) is 9.24. The van der Waals surface area contributed by atoms with Crippen LogP contribution in [0.4, 0.5) is 10.2 Å². The predicted molar refractivity (Wildman–Crippen MR) is 126 cm³/mol. The van der Waals surface area contributed by atoms with E-state index in [1.165, 1.54) is 17.8 Å². The van der Waals surface area contributed by atoms with E-state index in [1.54, 1.807) is 57.4 Å². The Morgan fingerprint density at radius 2 is 2.06 bits per heavy atom. The fourth-order valence-corrected chi connectivity index (χ4v) is 4.57. The van der Waals surface area contributed by atoms with Crippen molar-refractivity contribution in [3.63, 3.8) is 0 Å². The van der Waals surface area contributed by atoms with Gasteiger partial charge in [0, 0.05) is 24.1 Å². The Balaban J connectivity index is 1.78. The summed E-state index contributed by atoms with van der Waals surface area (Å²) in [4.78, 5) is 29.2. The van der Waals surface area contributed by atoms with Crippen molar-refractivity contribution in [2.24, 2.45) is 11.7 Å². The number of aliphatic hydroxyl groups is 1. The molecule has 1 aliphatic rings. The van der Waals surface area contributed by atoms with Gasteiger partial charge < -0.3 is 26.2 Å². The van der Waals surface area contributed by atoms with E-state index in [4.69, 9.17) is 10.5 Å². The number of hydrogen-bond acceptors (Lipinski definition) is 7. The smallest absolute Gasteiger partial charge is 0.270 e. The van der Waals surface area contributed by atoms with Gasteiger partial charge in [-0.15, -0.1) is 0 Å². The minimum absolute atomic E-state index is 0.205. The zero-order chi connectivity index (χ0) is 24.2. The van der Waals surface area contributed by atoms with E-state index in [2.05, 4.69) is 15.6 Å². The number of carbonyl (C=O) groups is 2. The molecule has 5 N–H and O–H groups in total. The minimum atomic E-state index is -1.18. The number of pyridine rings is 1. The number of halogens is 1. The second-order valence-electron chi connectivity index (χ2n) is 8.05. The lowest BCUT2D eigenvalue weighted by Gasteiger charge is -2.20. The molecule has 1 aromatic heterocycles. The van der Waals surface area contributed by atoms with E-state index >= 15 is 0 Å². The standard InChI is InChI=1S/C23H27FN4O4S/c1-23(2,31)13-7-8-14(16(24)11-13)18-12-15(20(25)29)22(33-18)28-19-6-4-5-17(27-19)21(30)26-9-10-32-3/h4-8,11-12,15,22,31H,9-10H2,1-3H3,(H2,25,29)(H,26,30)(H,27,28). The zero-order valence-electron chi connectivity index (χ0n) is 18.6. The van der Waals surface area contributed by atoms with Crippen molar-refractivity contribution >= 4 is 34.3 Å². The summed E-state index contributed by atoms with van der Waals surface area (Å²) in [5.41, 5.74) is 5.37. The minimum Gasteiger partial charge on any atom is -0.386 e. The lowest BCUT2D eigenvalue weighted by Crippen LogP contribution is -2.33. The number of carbonyl (C=O) groups excluding carboxylic acids is 2. The molecule has 2 heterocycles. The third-order valence-electron chi connectivity index (χ3n) is 5.04. The fraction of sp³-hybridized carbons (Fsp3) is 0.348. The van der Waals surface area contributed by atoms with Gasteiger partial charge in [-0.2, -0.15) is 0 Å². The van der Waals surface area contributed by atoms with E-state index in [0.717, 1.165) is 0 Å².